The first-order valence-electron chi connectivity index (χ1n) is 9.47. The number of hydrogen-bond donors (Lipinski definition) is 2. The second kappa shape index (κ2) is 7.43. The van der Waals surface area contributed by atoms with E-state index in [-0.39, 0.29) is 30.9 Å². The van der Waals surface area contributed by atoms with Gasteiger partial charge in [-0.1, -0.05) is 55.0 Å². The highest BCUT2D eigenvalue weighted by Crippen LogP contribution is 2.44. The van der Waals surface area contributed by atoms with Crippen molar-refractivity contribution in [1.82, 2.24) is 5.32 Å². The topological polar surface area (TPSA) is 75.6 Å². The monoisotopic (exact) mass is 365 g/mol. The van der Waals surface area contributed by atoms with Crippen LogP contribution in [-0.4, -0.2) is 29.8 Å². The smallest absolute Gasteiger partial charge is 0.407 e. The molecule has 1 amide bonds. The van der Waals surface area contributed by atoms with Gasteiger partial charge in [0.15, 0.2) is 0 Å². The molecule has 2 aromatic rings. The minimum atomic E-state index is -0.897. The van der Waals surface area contributed by atoms with Crippen molar-refractivity contribution < 1.29 is 19.4 Å². The molecule has 0 aromatic heterocycles. The average molecular weight is 365 g/mol. The van der Waals surface area contributed by atoms with Crippen LogP contribution in [0.3, 0.4) is 0 Å². The van der Waals surface area contributed by atoms with Gasteiger partial charge in [0.2, 0.25) is 0 Å². The van der Waals surface area contributed by atoms with Crippen LogP contribution < -0.4 is 5.32 Å². The van der Waals surface area contributed by atoms with Crippen molar-refractivity contribution >= 4 is 12.1 Å². The molecule has 140 valence electrons. The molecule has 4 rings (SSSR count). The Kier molecular flexibility index (Phi) is 4.84. The van der Waals surface area contributed by atoms with Gasteiger partial charge in [-0.15, -0.1) is 0 Å². The fourth-order valence-corrected chi connectivity index (χ4v) is 4.16. The predicted octanol–water partition coefficient (Wildman–Crippen LogP) is 4.17. The van der Waals surface area contributed by atoms with Crippen molar-refractivity contribution in [3.63, 3.8) is 0 Å². The van der Waals surface area contributed by atoms with E-state index in [1.807, 2.05) is 24.3 Å². The summed E-state index contributed by atoms with van der Waals surface area (Å²) in [6.45, 7) is 0.240. The Morgan fingerprint density at radius 1 is 1.04 bits per heavy atom. The van der Waals surface area contributed by atoms with E-state index in [4.69, 9.17) is 9.84 Å². The van der Waals surface area contributed by atoms with Gasteiger partial charge >= 0.3 is 12.1 Å². The minimum absolute atomic E-state index is 0.00442. The molecule has 5 heteroatoms. The van der Waals surface area contributed by atoms with Gasteiger partial charge in [-0.05, 0) is 41.0 Å². The lowest BCUT2D eigenvalue weighted by Gasteiger charge is -2.33. The molecule has 2 aliphatic rings. The normalized spacial score (nSPS) is 16.7. The van der Waals surface area contributed by atoms with Gasteiger partial charge in [0.05, 0.1) is 6.42 Å². The van der Waals surface area contributed by atoms with Crippen LogP contribution in [0, 0.1) is 5.92 Å². The maximum absolute atomic E-state index is 12.3. The number of aliphatic carboxylic acids is 1. The summed E-state index contributed by atoms with van der Waals surface area (Å²) >= 11 is 0. The second-order valence-electron chi connectivity index (χ2n) is 7.37. The molecule has 1 saturated carbocycles. The van der Waals surface area contributed by atoms with Gasteiger partial charge in [0.1, 0.15) is 6.61 Å². The second-order valence-corrected chi connectivity index (χ2v) is 7.37. The highest BCUT2D eigenvalue weighted by atomic mass is 16.5. The van der Waals surface area contributed by atoms with Gasteiger partial charge in [0.25, 0.3) is 0 Å². The summed E-state index contributed by atoms with van der Waals surface area (Å²) in [6, 6.07) is 16.0. The molecule has 0 heterocycles. The van der Waals surface area contributed by atoms with Gasteiger partial charge in [-0.25, -0.2) is 4.79 Å². The molecule has 0 bridgehead atoms. The van der Waals surface area contributed by atoms with Crippen LogP contribution in [0.25, 0.3) is 11.1 Å². The molecule has 2 N–H and O–H groups in total. The highest BCUT2D eigenvalue weighted by molar-refractivity contribution is 5.79. The molecule has 0 radical (unpaired) electrons. The molecular weight excluding hydrogens is 342 g/mol. The fraction of sp³-hybridized carbons (Fsp3) is 0.364. The lowest BCUT2D eigenvalue weighted by Crippen LogP contribution is -2.44. The zero-order chi connectivity index (χ0) is 18.8. The summed E-state index contributed by atoms with van der Waals surface area (Å²) in [5.41, 5.74) is 4.68. The van der Waals surface area contributed by atoms with Crippen LogP contribution >= 0.6 is 0 Å². The Bertz CT molecular complexity index is 813. The lowest BCUT2D eigenvalue weighted by molar-refractivity contribution is -0.138. The molecule has 27 heavy (non-hydrogen) atoms. The Labute approximate surface area is 158 Å². The Morgan fingerprint density at radius 2 is 1.63 bits per heavy atom. The summed E-state index contributed by atoms with van der Waals surface area (Å²) in [7, 11) is 0. The van der Waals surface area contributed by atoms with Crippen LogP contribution in [0.15, 0.2) is 48.5 Å². The van der Waals surface area contributed by atoms with E-state index < -0.39 is 12.1 Å². The number of carbonyl (C=O) groups excluding carboxylic acids is 1. The summed E-state index contributed by atoms with van der Waals surface area (Å²) in [5.74, 6) is -0.655. The average Bonchev–Trinajstić information content (AvgIpc) is 2.92. The van der Waals surface area contributed by atoms with E-state index in [2.05, 4.69) is 29.6 Å². The quantitative estimate of drug-likeness (QED) is 0.806. The summed E-state index contributed by atoms with van der Waals surface area (Å²) in [5, 5.41) is 11.9. The van der Waals surface area contributed by atoms with Gasteiger partial charge in [-0.2, -0.15) is 0 Å². The minimum Gasteiger partial charge on any atom is -0.481 e. The number of carboxylic acids is 1. The number of hydrogen-bond acceptors (Lipinski definition) is 3. The molecule has 1 atom stereocenters. The van der Waals surface area contributed by atoms with Crippen LogP contribution in [0.2, 0.25) is 0 Å². The van der Waals surface area contributed by atoms with Gasteiger partial charge in [-0.3, -0.25) is 4.79 Å². The van der Waals surface area contributed by atoms with Gasteiger partial charge in [0, 0.05) is 12.0 Å². The highest BCUT2D eigenvalue weighted by Gasteiger charge is 2.32. The van der Waals surface area contributed by atoms with E-state index in [1.54, 1.807) is 0 Å². The summed E-state index contributed by atoms with van der Waals surface area (Å²) in [6.07, 6.45) is 2.42. The van der Waals surface area contributed by atoms with Crippen molar-refractivity contribution in [2.24, 2.45) is 5.92 Å². The lowest BCUT2D eigenvalue weighted by atomic mass is 9.78. The standard InChI is InChI=1S/C22H23NO4/c24-21(25)12-20(14-6-5-7-14)23-22(26)27-13-19-17-10-3-1-8-15(17)16-9-2-4-11-18(16)19/h1-4,8-11,14,19-20H,5-7,12-13H2,(H,23,26)(H,24,25)/t20-/m1/s1. The largest absolute Gasteiger partial charge is 0.481 e. The van der Waals surface area contributed by atoms with E-state index in [1.165, 1.54) is 11.1 Å². The SMILES string of the molecule is O=C(O)C[C@@H](NC(=O)OCC1c2ccccc2-c2ccccc21)C1CCC1. The zero-order valence-corrected chi connectivity index (χ0v) is 15.1. The molecule has 2 aliphatic carbocycles. The molecule has 0 saturated heterocycles. The van der Waals surface area contributed by atoms with E-state index >= 15 is 0 Å². The molecule has 0 spiro atoms. The number of ether oxygens (including phenoxy) is 1. The Hall–Kier alpha value is -2.82. The van der Waals surface area contributed by atoms with Crippen LogP contribution in [-0.2, 0) is 9.53 Å². The number of fused-ring (bicyclic) bond motifs is 3. The first-order valence-corrected chi connectivity index (χ1v) is 9.47. The number of carboxylic acid groups (broad SMARTS) is 1. The first-order chi connectivity index (χ1) is 13.1. The molecular formula is C22H23NO4. The van der Waals surface area contributed by atoms with Gasteiger partial charge < -0.3 is 15.2 Å². The zero-order valence-electron chi connectivity index (χ0n) is 15.1. The number of amides is 1. The molecule has 1 fully saturated rings. The molecule has 2 aromatic carbocycles. The van der Waals surface area contributed by atoms with Crippen molar-refractivity contribution in [3.8, 4) is 11.1 Å². The van der Waals surface area contributed by atoms with Crippen LogP contribution in [0.1, 0.15) is 42.7 Å². The molecule has 5 nitrogen and oxygen atoms in total. The van der Waals surface area contributed by atoms with Crippen molar-refractivity contribution in [2.45, 2.75) is 37.6 Å². The number of benzene rings is 2. The van der Waals surface area contributed by atoms with E-state index in [9.17, 15) is 9.59 Å². The third-order valence-electron chi connectivity index (χ3n) is 5.76. The first kappa shape index (κ1) is 17.6. The predicted molar refractivity (Wildman–Crippen MR) is 102 cm³/mol. The molecule has 0 aliphatic heterocycles. The fourth-order valence-electron chi connectivity index (χ4n) is 4.16. The summed E-state index contributed by atoms with van der Waals surface area (Å²) < 4.78 is 5.53. The van der Waals surface area contributed by atoms with Crippen molar-refractivity contribution in [1.29, 1.82) is 0 Å². The number of rotatable bonds is 6. The number of nitrogens with one attached hydrogen (secondary N) is 1. The van der Waals surface area contributed by atoms with Crippen molar-refractivity contribution in [3.05, 3.63) is 59.7 Å². The molecule has 0 unspecified atom stereocenters. The van der Waals surface area contributed by atoms with Crippen molar-refractivity contribution in [2.75, 3.05) is 6.61 Å². The summed E-state index contributed by atoms with van der Waals surface area (Å²) in [4.78, 5) is 23.4. The van der Waals surface area contributed by atoms with E-state index in [0.29, 0.717) is 0 Å². The Balaban J connectivity index is 1.43. The van der Waals surface area contributed by atoms with Crippen LogP contribution in [0.4, 0.5) is 4.79 Å². The Morgan fingerprint density at radius 3 is 2.15 bits per heavy atom. The maximum atomic E-state index is 12.3. The number of carbonyl (C=O) groups is 2. The number of alkyl carbamates (subject to hydrolysis) is 1. The van der Waals surface area contributed by atoms with Crippen LogP contribution in [0.5, 0.6) is 0 Å². The third kappa shape index (κ3) is 3.54. The third-order valence-corrected chi connectivity index (χ3v) is 5.76. The maximum Gasteiger partial charge on any atom is 0.407 e. The van der Waals surface area contributed by atoms with E-state index in [0.717, 1.165) is 30.4 Å².